The van der Waals surface area contributed by atoms with Crippen LogP contribution in [0.2, 0.25) is 0 Å². The third-order valence-corrected chi connectivity index (χ3v) is 6.00. The number of benzene rings is 1. The summed E-state index contributed by atoms with van der Waals surface area (Å²) in [6, 6.07) is 8.86. The van der Waals surface area contributed by atoms with Crippen molar-refractivity contribution in [2.75, 3.05) is 25.5 Å². The molecule has 7 heteroatoms. The maximum atomic E-state index is 4.72. The quantitative estimate of drug-likeness (QED) is 0.419. The molecule has 4 aromatic rings. The molecule has 4 rings (SSSR count). The van der Waals surface area contributed by atoms with Gasteiger partial charge in [0.1, 0.15) is 0 Å². The Morgan fingerprint density at radius 1 is 1.07 bits per heavy atom. The van der Waals surface area contributed by atoms with Gasteiger partial charge in [-0.1, -0.05) is 12.1 Å². The molecule has 29 heavy (non-hydrogen) atoms. The van der Waals surface area contributed by atoms with Crippen molar-refractivity contribution < 1.29 is 0 Å². The second-order valence-electron chi connectivity index (χ2n) is 7.63. The molecular formula is C22H28N6S. The molecule has 0 spiro atoms. The normalized spacial score (nSPS) is 11.6. The topological polar surface area (TPSA) is 41.6 Å². The second-order valence-corrected chi connectivity index (χ2v) is 8.50. The SMILES string of the molecule is Cc1nc2sccn2c1CN(CCCn1ccnc1)Cc1ccc(N(C)C)cc1. The summed E-state index contributed by atoms with van der Waals surface area (Å²) in [4.78, 5) is 14.6. The van der Waals surface area contributed by atoms with Crippen LogP contribution in [0, 0.1) is 6.92 Å². The van der Waals surface area contributed by atoms with Gasteiger partial charge in [-0.15, -0.1) is 11.3 Å². The van der Waals surface area contributed by atoms with E-state index in [1.807, 2.05) is 18.7 Å². The van der Waals surface area contributed by atoms with Gasteiger partial charge in [0.05, 0.1) is 17.7 Å². The number of hydrogen-bond acceptors (Lipinski definition) is 5. The van der Waals surface area contributed by atoms with Gasteiger partial charge in [-0.05, 0) is 31.0 Å². The lowest BCUT2D eigenvalue weighted by molar-refractivity contribution is 0.244. The summed E-state index contributed by atoms with van der Waals surface area (Å²) in [7, 11) is 4.15. The molecule has 0 unspecified atom stereocenters. The highest BCUT2D eigenvalue weighted by Gasteiger charge is 2.15. The minimum absolute atomic E-state index is 0.892. The summed E-state index contributed by atoms with van der Waals surface area (Å²) in [5, 5.41) is 2.11. The highest BCUT2D eigenvalue weighted by Crippen LogP contribution is 2.20. The fourth-order valence-electron chi connectivity index (χ4n) is 3.61. The van der Waals surface area contributed by atoms with Crippen molar-refractivity contribution in [1.29, 1.82) is 0 Å². The number of aryl methyl sites for hydroxylation is 2. The van der Waals surface area contributed by atoms with Crippen LogP contribution in [0.4, 0.5) is 5.69 Å². The maximum Gasteiger partial charge on any atom is 0.194 e. The zero-order chi connectivity index (χ0) is 20.2. The molecule has 0 saturated heterocycles. The first-order chi connectivity index (χ1) is 14.1. The standard InChI is InChI=1S/C22H28N6S/c1-18-21(28-13-14-29-22(28)24-18)16-27(11-4-10-26-12-9-23-17-26)15-19-5-7-20(8-6-19)25(2)3/h5-9,12-14,17H,4,10-11,15-16H2,1-3H3. The minimum atomic E-state index is 0.892. The molecule has 6 nitrogen and oxygen atoms in total. The first kappa shape index (κ1) is 19.7. The van der Waals surface area contributed by atoms with Crippen LogP contribution in [0.25, 0.3) is 4.96 Å². The number of anilines is 1. The Kier molecular flexibility index (Phi) is 5.97. The van der Waals surface area contributed by atoms with Crippen molar-refractivity contribution in [3.63, 3.8) is 0 Å². The molecule has 0 radical (unpaired) electrons. The molecule has 0 amide bonds. The molecule has 0 aliphatic carbocycles. The van der Waals surface area contributed by atoms with Gasteiger partial charge in [0.15, 0.2) is 4.96 Å². The number of aromatic nitrogens is 4. The molecule has 3 heterocycles. The molecule has 0 bridgehead atoms. The van der Waals surface area contributed by atoms with E-state index in [0.29, 0.717) is 0 Å². The van der Waals surface area contributed by atoms with Crippen molar-refractivity contribution in [3.05, 3.63) is 71.5 Å². The van der Waals surface area contributed by atoms with E-state index in [2.05, 4.69) is 80.6 Å². The Morgan fingerprint density at radius 2 is 1.90 bits per heavy atom. The van der Waals surface area contributed by atoms with Gasteiger partial charge in [-0.2, -0.15) is 0 Å². The maximum absolute atomic E-state index is 4.72. The summed E-state index contributed by atoms with van der Waals surface area (Å²) >= 11 is 1.69. The average Bonchev–Trinajstić information content (AvgIpc) is 3.42. The summed E-state index contributed by atoms with van der Waals surface area (Å²) < 4.78 is 4.38. The summed E-state index contributed by atoms with van der Waals surface area (Å²) in [6.07, 6.45) is 8.97. The zero-order valence-corrected chi connectivity index (χ0v) is 18.1. The number of hydrogen-bond donors (Lipinski definition) is 0. The highest BCUT2D eigenvalue weighted by atomic mass is 32.1. The number of nitrogens with zero attached hydrogens (tertiary/aromatic N) is 6. The van der Waals surface area contributed by atoms with Gasteiger partial charge in [0.25, 0.3) is 0 Å². The smallest absolute Gasteiger partial charge is 0.194 e. The van der Waals surface area contributed by atoms with Crippen molar-refractivity contribution >= 4 is 22.0 Å². The molecule has 0 atom stereocenters. The number of imidazole rings is 2. The first-order valence-electron chi connectivity index (χ1n) is 9.95. The predicted molar refractivity (Wildman–Crippen MR) is 120 cm³/mol. The number of thiazole rings is 1. The fraction of sp³-hybridized carbons (Fsp3) is 0.364. The van der Waals surface area contributed by atoms with E-state index >= 15 is 0 Å². The molecular weight excluding hydrogens is 380 g/mol. The molecule has 0 aliphatic heterocycles. The van der Waals surface area contributed by atoms with E-state index in [1.54, 1.807) is 11.3 Å². The van der Waals surface area contributed by atoms with E-state index < -0.39 is 0 Å². The minimum Gasteiger partial charge on any atom is -0.378 e. The fourth-order valence-corrected chi connectivity index (χ4v) is 4.39. The Hall–Kier alpha value is -2.64. The van der Waals surface area contributed by atoms with Gasteiger partial charge < -0.3 is 9.47 Å². The van der Waals surface area contributed by atoms with Crippen LogP contribution < -0.4 is 4.90 Å². The van der Waals surface area contributed by atoms with Crippen LogP contribution in [-0.2, 0) is 19.6 Å². The molecule has 0 aliphatic rings. The molecule has 1 aromatic carbocycles. The lowest BCUT2D eigenvalue weighted by Gasteiger charge is -2.23. The van der Waals surface area contributed by atoms with Crippen molar-refractivity contribution in [1.82, 2.24) is 23.8 Å². The monoisotopic (exact) mass is 408 g/mol. The number of rotatable bonds is 9. The molecule has 152 valence electrons. The van der Waals surface area contributed by atoms with E-state index in [9.17, 15) is 0 Å². The Labute approximate surface area is 176 Å². The highest BCUT2D eigenvalue weighted by molar-refractivity contribution is 7.15. The molecule has 0 fully saturated rings. The molecule has 3 aromatic heterocycles. The van der Waals surface area contributed by atoms with Crippen LogP contribution in [0.3, 0.4) is 0 Å². The van der Waals surface area contributed by atoms with Crippen LogP contribution >= 0.6 is 11.3 Å². The van der Waals surface area contributed by atoms with Crippen molar-refractivity contribution in [2.45, 2.75) is 33.0 Å². The van der Waals surface area contributed by atoms with Crippen LogP contribution in [0.5, 0.6) is 0 Å². The Morgan fingerprint density at radius 3 is 2.62 bits per heavy atom. The molecule has 0 N–H and O–H groups in total. The lowest BCUT2D eigenvalue weighted by Crippen LogP contribution is -2.26. The van der Waals surface area contributed by atoms with E-state index in [-0.39, 0.29) is 0 Å². The Balaban J connectivity index is 1.49. The van der Waals surface area contributed by atoms with E-state index in [1.165, 1.54) is 16.9 Å². The van der Waals surface area contributed by atoms with Gasteiger partial charge in [0, 0.05) is 69.9 Å². The zero-order valence-electron chi connectivity index (χ0n) is 17.3. The average molecular weight is 409 g/mol. The van der Waals surface area contributed by atoms with Crippen LogP contribution in [0.15, 0.2) is 54.6 Å². The van der Waals surface area contributed by atoms with Crippen LogP contribution in [-0.4, -0.2) is 44.5 Å². The largest absolute Gasteiger partial charge is 0.378 e. The van der Waals surface area contributed by atoms with Crippen molar-refractivity contribution in [2.24, 2.45) is 0 Å². The summed E-state index contributed by atoms with van der Waals surface area (Å²) in [6.45, 7) is 5.93. The van der Waals surface area contributed by atoms with E-state index in [4.69, 9.17) is 4.98 Å². The second kappa shape index (κ2) is 8.80. The predicted octanol–water partition coefficient (Wildman–Crippen LogP) is 4.06. The van der Waals surface area contributed by atoms with Crippen LogP contribution in [0.1, 0.15) is 23.4 Å². The van der Waals surface area contributed by atoms with Gasteiger partial charge >= 0.3 is 0 Å². The van der Waals surface area contributed by atoms with Gasteiger partial charge in [-0.25, -0.2) is 9.97 Å². The third kappa shape index (κ3) is 4.68. The Bertz CT molecular complexity index is 1030. The first-order valence-corrected chi connectivity index (χ1v) is 10.8. The van der Waals surface area contributed by atoms with Gasteiger partial charge in [0.2, 0.25) is 0 Å². The van der Waals surface area contributed by atoms with Crippen molar-refractivity contribution in [3.8, 4) is 0 Å². The lowest BCUT2D eigenvalue weighted by atomic mass is 10.1. The molecule has 0 saturated carbocycles. The third-order valence-electron chi connectivity index (χ3n) is 5.24. The summed E-state index contributed by atoms with van der Waals surface area (Å²) in [5.41, 5.74) is 4.97. The summed E-state index contributed by atoms with van der Waals surface area (Å²) in [5.74, 6) is 0. The number of fused-ring (bicyclic) bond motifs is 1. The van der Waals surface area contributed by atoms with E-state index in [0.717, 1.165) is 43.3 Å². The van der Waals surface area contributed by atoms with Gasteiger partial charge in [-0.3, -0.25) is 9.30 Å².